The first-order chi connectivity index (χ1) is 13.9. The molecule has 3 rings (SSSR count). The van der Waals surface area contributed by atoms with Gasteiger partial charge in [0.15, 0.2) is 0 Å². The number of nitrogens with one attached hydrogen (secondary N) is 2. The Balaban J connectivity index is 0.000000253. The summed E-state index contributed by atoms with van der Waals surface area (Å²) >= 11 is 5.78. The second-order valence-corrected chi connectivity index (χ2v) is 8.20. The highest BCUT2D eigenvalue weighted by Crippen LogP contribution is 2.26. The summed E-state index contributed by atoms with van der Waals surface area (Å²) in [4.78, 5) is 8.17. The van der Waals surface area contributed by atoms with E-state index in [9.17, 15) is 0 Å². The van der Waals surface area contributed by atoms with Crippen molar-refractivity contribution in [3.8, 4) is 0 Å². The minimum atomic E-state index is 0.250. The van der Waals surface area contributed by atoms with Crippen LogP contribution in [0.3, 0.4) is 0 Å². The van der Waals surface area contributed by atoms with E-state index in [1.165, 1.54) is 43.2 Å². The molecule has 1 unspecified atom stereocenters. The van der Waals surface area contributed by atoms with Crippen molar-refractivity contribution in [1.29, 1.82) is 0 Å². The number of hydrogen-bond acceptors (Lipinski definition) is 4. The van der Waals surface area contributed by atoms with Crippen molar-refractivity contribution in [3.05, 3.63) is 58.0 Å². The maximum atomic E-state index is 5.78. The Hall–Kier alpha value is -2.07. The Labute approximate surface area is 181 Å². The summed E-state index contributed by atoms with van der Waals surface area (Å²) in [5.41, 5.74) is 6.18. The molecule has 2 aromatic rings. The fourth-order valence-electron chi connectivity index (χ4n) is 3.70. The van der Waals surface area contributed by atoms with E-state index in [4.69, 9.17) is 11.6 Å². The summed E-state index contributed by atoms with van der Waals surface area (Å²) in [7, 11) is 1.82. The zero-order valence-corrected chi connectivity index (χ0v) is 19.2. The molecular weight excluding hydrogens is 380 g/mol. The van der Waals surface area contributed by atoms with Crippen molar-refractivity contribution < 1.29 is 0 Å². The lowest BCUT2D eigenvalue weighted by molar-refractivity contribution is 0.432. The summed E-state index contributed by atoms with van der Waals surface area (Å²) in [5, 5.41) is 6.71. The van der Waals surface area contributed by atoms with Crippen LogP contribution in [0.1, 0.15) is 62.6 Å². The van der Waals surface area contributed by atoms with Crippen molar-refractivity contribution in [1.82, 2.24) is 9.97 Å². The van der Waals surface area contributed by atoms with Gasteiger partial charge in [0.25, 0.3) is 0 Å². The second-order valence-electron chi connectivity index (χ2n) is 7.86. The molecule has 0 saturated carbocycles. The highest BCUT2D eigenvalue weighted by molar-refractivity contribution is 6.28. The molecule has 1 atom stereocenters. The lowest BCUT2D eigenvalue weighted by Crippen LogP contribution is -2.07. The van der Waals surface area contributed by atoms with Crippen LogP contribution in [0.25, 0.3) is 0 Å². The van der Waals surface area contributed by atoms with Gasteiger partial charge in [0.05, 0.1) is 0 Å². The van der Waals surface area contributed by atoms with Gasteiger partial charge in [0.1, 0.15) is 5.82 Å². The summed E-state index contributed by atoms with van der Waals surface area (Å²) in [6.45, 7) is 9.37. The molecule has 0 spiro atoms. The van der Waals surface area contributed by atoms with E-state index in [0.29, 0.717) is 6.54 Å². The molecule has 1 aromatic heterocycles. The number of nitrogens with zero attached hydrogens (tertiary/aromatic N) is 2. The van der Waals surface area contributed by atoms with E-state index in [1.54, 1.807) is 11.8 Å². The molecule has 29 heavy (non-hydrogen) atoms. The van der Waals surface area contributed by atoms with Gasteiger partial charge in [-0.1, -0.05) is 49.6 Å². The second kappa shape index (κ2) is 11.8. The van der Waals surface area contributed by atoms with Crippen LogP contribution in [0, 0.1) is 19.8 Å². The Kier molecular flexibility index (Phi) is 9.46. The molecule has 1 aliphatic rings. The highest BCUT2D eigenvalue weighted by atomic mass is 35.5. The number of hydrogen-bond donors (Lipinski definition) is 2. The standard InChI is InChI=1S/C14H17ClN4.C10H18/c1-9-5-4-6-10(2)12(9)17-7-11-8-18-14(15)19-13(11)16-3;1-3-4-10-7-5-9(2)6-8-10/h4-6,8,17H,7H2,1-3H3,(H,16,18,19);5,10H,3-4,6-8H2,1-2H3. The van der Waals surface area contributed by atoms with Gasteiger partial charge in [0.2, 0.25) is 5.28 Å². The Bertz CT molecular complexity index is 796. The van der Waals surface area contributed by atoms with Gasteiger partial charge in [-0.3, -0.25) is 0 Å². The molecule has 0 saturated heterocycles. The van der Waals surface area contributed by atoms with Gasteiger partial charge in [0, 0.05) is 31.0 Å². The van der Waals surface area contributed by atoms with Crippen LogP contribution < -0.4 is 10.6 Å². The summed E-state index contributed by atoms with van der Waals surface area (Å²) in [6.07, 6.45) is 11.1. The van der Waals surface area contributed by atoms with E-state index >= 15 is 0 Å². The third kappa shape index (κ3) is 7.36. The molecule has 1 aliphatic carbocycles. The first kappa shape index (κ1) is 23.2. The molecule has 0 aliphatic heterocycles. The maximum Gasteiger partial charge on any atom is 0.224 e. The van der Waals surface area contributed by atoms with Crippen LogP contribution in [-0.4, -0.2) is 17.0 Å². The number of halogens is 1. The van der Waals surface area contributed by atoms with Crippen molar-refractivity contribution >= 4 is 23.1 Å². The van der Waals surface area contributed by atoms with Crippen molar-refractivity contribution in [2.45, 2.75) is 66.3 Å². The molecule has 1 heterocycles. The van der Waals surface area contributed by atoms with E-state index in [-0.39, 0.29) is 5.28 Å². The molecule has 0 radical (unpaired) electrons. The molecule has 0 amide bonds. The van der Waals surface area contributed by atoms with E-state index in [1.807, 2.05) is 7.05 Å². The van der Waals surface area contributed by atoms with Crippen LogP contribution in [0.4, 0.5) is 11.5 Å². The monoisotopic (exact) mass is 414 g/mol. The average Bonchev–Trinajstić information content (AvgIpc) is 2.71. The van der Waals surface area contributed by atoms with E-state index in [2.05, 4.69) is 72.6 Å². The predicted molar refractivity (Wildman–Crippen MR) is 126 cm³/mol. The SMILES string of the molecule is CCCC1CC=C(C)CC1.CNc1nc(Cl)ncc1CNc1c(C)cccc1C. The third-order valence-corrected chi connectivity index (χ3v) is 5.63. The highest BCUT2D eigenvalue weighted by Gasteiger charge is 2.10. The first-order valence-corrected chi connectivity index (χ1v) is 11.0. The Morgan fingerprint density at radius 1 is 1.17 bits per heavy atom. The zero-order valence-electron chi connectivity index (χ0n) is 18.5. The van der Waals surface area contributed by atoms with Gasteiger partial charge >= 0.3 is 0 Å². The average molecular weight is 415 g/mol. The molecular formula is C24H35ClN4. The number of allylic oxidation sites excluding steroid dienone is 2. The van der Waals surface area contributed by atoms with Gasteiger partial charge in [-0.15, -0.1) is 0 Å². The molecule has 5 heteroatoms. The minimum absolute atomic E-state index is 0.250. The van der Waals surface area contributed by atoms with Crippen molar-refractivity contribution in [3.63, 3.8) is 0 Å². The van der Waals surface area contributed by atoms with Gasteiger partial charge in [-0.2, -0.15) is 0 Å². The van der Waals surface area contributed by atoms with Crippen LogP contribution in [0.2, 0.25) is 5.28 Å². The summed E-state index contributed by atoms with van der Waals surface area (Å²) in [5.74, 6) is 1.76. The molecule has 1 aromatic carbocycles. The maximum absolute atomic E-state index is 5.78. The van der Waals surface area contributed by atoms with Crippen LogP contribution in [0.5, 0.6) is 0 Å². The van der Waals surface area contributed by atoms with E-state index < -0.39 is 0 Å². The van der Waals surface area contributed by atoms with Crippen molar-refractivity contribution in [2.24, 2.45) is 5.92 Å². The lowest BCUT2D eigenvalue weighted by Gasteiger charge is -2.19. The molecule has 158 valence electrons. The predicted octanol–water partition coefficient (Wildman–Crippen LogP) is 6.93. The third-order valence-electron chi connectivity index (χ3n) is 5.45. The van der Waals surface area contributed by atoms with E-state index in [0.717, 1.165) is 23.0 Å². The van der Waals surface area contributed by atoms with Crippen LogP contribution in [0.15, 0.2) is 36.0 Å². The smallest absolute Gasteiger partial charge is 0.224 e. The number of anilines is 2. The fourth-order valence-corrected chi connectivity index (χ4v) is 3.83. The minimum Gasteiger partial charge on any atom is -0.380 e. The fraction of sp³-hybridized carbons (Fsp3) is 0.500. The molecule has 0 fully saturated rings. The molecule has 2 N–H and O–H groups in total. The number of aryl methyl sites for hydroxylation is 2. The number of benzene rings is 1. The summed E-state index contributed by atoms with van der Waals surface area (Å²) < 4.78 is 0. The summed E-state index contributed by atoms with van der Waals surface area (Å²) in [6, 6.07) is 6.24. The largest absolute Gasteiger partial charge is 0.380 e. The lowest BCUT2D eigenvalue weighted by atomic mass is 9.87. The number of rotatable bonds is 6. The molecule has 0 bridgehead atoms. The van der Waals surface area contributed by atoms with Crippen LogP contribution in [-0.2, 0) is 6.54 Å². The van der Waals surface area contributed by atoms with Crippen LogP contribution >= 0.6 is 11.6 Å². The number of para-hydroxylation sites is 1. The first-order valence-electron chi connectivity index (χ1n) is 10.6. The number of aromatic nitrogens is 2. The topological polar surface area (TPSA) is 49.8 Å². The molecule has 4 nitrogen and oxygen atoms in total. The van der Waals surface area contributed by atoms with Gasteiger partial charge in [-0.25, -0.2) is 9.97 Å². The Morgan fingerprint density at radius 2 is 1.90 bits per heavy atom. The normalized spacial score (nSPS) is 15.8. The zero-order chi connectivity index (χ0) is 21.2. The van der Waals surface area contributed by atoms with Gasteiger partial charge < -0.3 is 10.6 Å². The Morgan fingerprint density at radius 3 is 2.48 bits per heavy atom. The van der Waals surface area contributed by atoms with Crippen molar-refractivity contribution in [2.75, 3.05) is 17.7 Å². The van der Waals surface area contributed by atoms with Gasteiger partial charge in [-0.05, 0) is 68.7 Å². The quantitative estimate of drug-likeness (QED) is 0.397.